The molecule has 0 saturated carbocycles. The number of fused-ring (bicyclic) bond motifs is 1. The third-order valence-corrected chi connectivity index (χ3v) is 5.25. The van der Waals surface area contributed by atoms with Crippen molar-refractivity contribution in [3.05, 3.63) is 118 Å². The molecule has 0 bridgehead atoms. The maximum Gasteiger partial charge on any atom is 0.343 e. The van der Waals surface area contributed by atoms with Gasteiger partial charge in [0.05, 0.1) is 16.4 Å². The molecule has 3 aromatic carbocycles. The van der Waals surface area contributed by atoms with Crippen LogP contribution in [0.3, 0.4) is 0 Å². The number of rotatable bonds is 7. The van der Waals surface area contributed by atoms with Crippen molar-refractivity contribution in [2.24, 2.45) is 5.73 Å². The Bertz CT molecular complexity index is 1410. The zero-order valence-corrected chi connectivity index (χ0v) is 18.3. The van der Waals surface area contributed by atoms with Crippen molar-refractivity contribution in [1.29, 1.82) is 5.26 Å². The molecule has 9 heteroatoms. The summed E-state index contributed by atoms with van der Waals surface area (Å²) in [6.45, 7) is 3.97. The van der Waals surface area contributed by atoms with Crippen LogP contribution in [0.5, 0.6) is 17.2 Å². The molecular weight excluding hydrogens is 450 g/mol. The lowest BCUT2D eigenvalue weighted by Crippen LogP contribution is -2.21. The highest BCUT2D eigenvalue weighted by Gasteiger charge is 2.31. The second-order valence-corrected chi connectivity index (χ2v) is 7.49. The molecule has 0 radical (unpaired) electrons. The van der Waals surface area contributed by atoms with Gasteiger partial charge < -0.3 is 19.9 Å². The molecule has 1 atom stereocenters. The molecule has 3 aromatic rings. The molecule has 35 heavy (non-hydrogen) atoms. The standard InChI is InChI=1S/C26H19N3O6/c1-2-11-33-19-8-4-5-16(13-19)24-21-10-9-20(14-23(21)35-25(28)22(24)15-27)34-26(30)17-6-3-7-18(12-17)29(31)32/h2-10,12-14,24H,1,11,28H2. The fourth-order valence-corrected chi connectivity index (χ4v) is 3.69. The topological polar surface area (TPSA) is 138 Å². The number of carbonyl (C=O) groups is 1. The van der Waals surface area contributed by atoms with E-state index in [1.54, 1.807) is 24.3 Å². The molecule has 0 amide bonds. The van der Waals surface area contributed by atoms with Crippen molar-refractivity contribution in [3.63, 3.8) is 0 Å². The fourth-order valence-electron chi connectivity index (χ4n) is 3.69. The van der Waals surface area contributed by atoms with E-state index in [1.165, 1.54) is 24.3 Å². The summed E-state index contributed by atoms with van der Waals surface area (Å²) in [5.74, 6) is -0.297. The minimum atomic E-state index is -0.769. The monoisotopic (exact) mass is 469 g/mol. The Kier molecular flexibility index (Phi) is 6.46. The fraction of sp³-hybridized carbons (Fsp3) is 0.0769. The van der Waals surface area contributed by atoms with E-state index in [2.05, 4.69) is 12.6 Å². The lowest BCUT2D eigenvalue weighted by Gasteiger charge is -2.27. The quantitative estimate of drug-likeness (QED) is 0.174. The van der Waals surface area contributed by atoms with Crippen molar-refractivity contribution in [1.82, 2.24) is 0 Å². The zero-order valence-electron chi connectivity index (χ0n) is 18.3. The SMILES string of the molecule is C=CCOc1cccc(C2C(C#N)=C(N)Oc3cc(OC(=O)c4cccc([N+](=O)[O-])c4)ccc32)c1. The van der Waals surface area contributed by atoms with Gasteiger partial charge in [0.2, 0.25) is 5.88 Å². The maximum absolute atomic E-state index is 12.5. The number of nitriles is 1. The average molecular weight is 469 g/mol. The first kappa shape index (κ1) is 23.1. The summed E-state index contributed by atoms with van der Waals surface area (Å²) in [5, 5.41) is 20.7. The minimum Gasteiger partial charge on any atom is -0.490 e. The Morgan fingerprint density at radius 3 is 2.71 bits per heavy atom. The lowest BCUT2D eigenvalue weighted by molar-refractivity contribution is -0.384. The smallest absolute Gasteiger partial charge is 0.343 e. The molecule has 9 nitrogen and oxygen atoms in total. The molecule has 0 fully saturated rings. The van der Waals surface area contributed by atoms with Gasteiger partial charge in [0.25, 0.3) is 5.69 Å². The predicted molar refractivity (Wildman–Crippen MR) is 126 cm³/mol. The summed E-state index contributed by atoms with van der Waals surface area (Å²) in [7, 11) is 0. The van der Waals surface area contributed by atoms with Crippen LogP contribution in [0.4, 0.5) is 5.69 Å². The highest BCUT2D eigenvalue weighted by Crippen LogP contribution is 2.44. The Morgan fingerprint density at radius 2 is 1.97 bits per heavy atom. The van der Waals surface area contributed by atoms with E-state index in [-0.39, 0.29) is 28.5 Å². The summed E-state index contributed by atoms with van der Waals surface area (Å²) in [6, 6.07) is 19.3. The number of allylic oxidation sites excluding steroid dienone is 1. The first-order valence-corrected chi connectivity index (χ1v) is 10.4. The number of hydrogen-bond donors (Lipinski definition) is 1. The maximum atomic E-state index is 12.5. The average Bonchev–Trinajstić information content (AvgIpc) is 2.86. The number of esters is 1. The molecule has 0 spiro atoms. The molecule has 174 valence electrons. The molecule has 0 aromatic heterocycles. The van der Waals surface area contributed by atoms with Gasteiger partial charge in [-0.2, -0.15) is 5.26 Å². The lowest BCUT2D eigenvalue weighted by atomic mass is 9.83. The summed E-state index contributed by atoms with van der Waals surface area (Å²) in [5.41, 5.74) is 7.50. The number of nitro benzene ring substituents is 1. The van der Waals surface area contributed by atoms with Crippen LogP contribution >= 0.6 is 0 Å². The van der Waals surface area contributed by atoms with Crippen molar-refractivity contribution in [3.8, 4) is 23.3 Å². The number of nitrogens with two attached hydrogens (primary N) is 1. The van der Waals surface area contributed by atoms with E-state index in [0.29, 0.717) is 23.7 Å². The van der Waals surface area contributed by atoms with Crippen molar-refractivity contribution >= 4 is 11.7 Å². The number of carbonyl (C=O) groups excluding carboxylic acids is 1. The predicted octanol–water partition coefficient (Wildman–Crippen LogP) is 4.60. The van der Waals surface area contributed by atoms with E-state index in [4.69, 9.17) is 19.9 Å². The zero-order chi connectivity index (χ0) is 24.9. The van der Waals surface area contributed by atoms with Gasteiger partial charge in [-0.25, -0.2) is 4.79 Å². The van der Waals surface area contributed by atoms with Crippen LogP contribution in [-0.4, -0.2) is 17.5 Å². The van der Waals surface area contributed by atoms with Crippen LogP contribution in [0.15, 0.2) is 90.8 Å². The number of nitro groups is 1. The van der Waals surface area contributed by atoms with E-state index in [1.807, 2.05) is 18.2 Å². The normalized spacial score (nSPS) is 14.2. The van der Waals surface area contributed by atoms with Gasteiger partial charge in [0.15, 0.2) is 0 Å². The molecule has 1 aliphatic rings. The van der Waals surface area contributed by atoms with E-state index >= 15 is 0 Å². The van der Waals surface area contributed by atoms with Gasteiger partial charge in [0, 0.05) is 23.8 Å². The van der Waals surface area contributed by atoms with Gasteiger partial charge in [-0.3, -0.25) is 10.1 Å². The number of benzene rings is 3. The highest BCUT2D eigenvalue weighted by molar-refractivity contribution is 5.91. The van der Waals surface area contributed by atoms with Gasteiger partial charge in [-0.1, -0.05) is 36.9 Å². The van der Waals surface area contributed by atoms with Gasteiger partial charge in [-0.05, 0) is 29.8 Å². The van der Waals surface area contributed by atoms with Crippen LogP contribution in [0.2, 0.25) is 0 Å². The van der Waals surface area contributed by atoms with E-state index in [9.17, 15) is 20.2 Å². The summed E-state index contributed by atoms with van der Waals surface area (Å²) in [6.07, 6.45) is 1.63. The second-order valence-electron chi connectivity index (χ2n) is 7.49. The van der Waals surface area contributed by atoms with E-state index < -0.39 is 16.8 Å². The Balaban J connectivity index is 1.66. The molecule has 2 N–H and O–H groups in total. The Labute approximate surface area is 200 Å². The largest absolute Gasteiger partial charge is 0.490 e. The summed E-state index contributed by atoms with van der Waals surface area (Å²) < 4.78 is 16.7. The molecule has 0 saturated heterocycles. The van der Waals surface area contributed by atoms with E-state index in [0.717, 1.165) is 11.6 Å². The number of hydrogen-bond acceptors (Lipinski definition) is 8. The van der Waals surface area contributed by atoms with Crippen molar-refractivity contribution in [2.45, 2.75) is 5.92 Å². The highest BCUT2D eigenvalue weighted by atomic mass is 16.6. The van der Waals surface area contributed by atoms with Gasteiger partial charge >= 0.3 is 5.97 Å². The van der Waals surface area contributed by atoms with Crippen LogP contribution in [0, 0.1) is 21.4 Å². The molecule has 4 rings (SSSR count). The summed E-state index contributed by atoms with van der Waals surface area (Å²) in [4.78, 5) is 22.9. The molecule has 1 aliphatic heterocycles. The third-order valence-electron chi connectivity index (χ3n) is 5.25. The van der Waals surface area contributed by atoms with Gasteiger partial charge in [-0.15, -0.1) is 0 Å². The van der Waals surface area contributed by atoms with Crippen molar-refractivity contribution < 1.29 is 23.9 Å². The molecule has 0 aliphatic carbocycles. The number of nitrogens with zero attached hydrogens (tertiary/aromatic N) is 2. The van der Waals surface area contributed by atoms with Crippen LogP contribution in [0.1, 0.15) is 27.4 Å². The van der Waals surface area contributed by atoms with Gasteiger partial charge in [0.1, 0.15) is 35.5 Å². The van der Waals surface area contributed by atoms with Crippen molar-refractivity contribution in [2.75, 3.05) is 6.61 Å². The first-order valence-electron chi connectivity index (χ1n) is 10.4. The molecular formula is C26H19N3O6. The third kappa shape index (κ3) is 4.82. The molecule has 1 heterocycles. The van der Waals surface area contributed by atoms with Crippen LogP contribution < -0.4 is 19.9 Å². The minimum absolute atomic E-state index is 0.0261. The Hall–Kier alpha value is -5.10. The van der Waals surface area contributed by atoms with Crippen LogP contribution in [-0.2, 0) is 0 Å². The first-order chi connectivity index (χ1) is 16.9. The number of ether oxygens (including phenoxy) is 3. The second kappa shape index (κ2) is 9.80. The molecule has 1 unspecified atom stereocenters. The van der Waals surface area contributed by atoms with Crippen LogP contribution in [0.25, 0.3) is 0 Å². The summed E-state index contributed by atoms with van der Waals surface area (Å²) >= 11 is 0. The number of non-ortho nitro benzene ring substituents is 1. The Morgan fingerprint density at radius 1 is 1.17 bits per heavy atom.